The van der Waals surface area contributed by atoms with Crippen LogP contribution < -0.4 is 0 Å². The molecule has 1 atom stereocenters. The second-order valence-electron chi connectivity index (χ2n) is 5.92. The van der Waals surface area contributed by atoms with Crippen LogP contribution in [0.1, 0.15) is 37.3 Å². The van der Waals surface area contributed by atoms with Crippen molar-refractivity contribution in [2.75, 3.05) is 32.8 Å². The Morgan fingerprint density at radius 1 is 1.47 bits per heavy atom. The summed E-state index contributed by atoms with van der Waals surface area (Å²) >= 11 is 0. The Morgan fingerprint density at radius 3 is 3.05 bits per heavy atom. The Morgan fingerprint density at radius 2 is 2.32 bits per heavy atom. The van der Waals surface area contributed by atoms with Gasteiger partial charge in [-0.1, -0.05) is 0 Å². The zero-order valence-electron chi connectivity index (χ0n) is 11.3. The van der Waals surface area contributed by atoms with Gasteiger partial charge in [0.05, 0.1) is 5.60 Å². The Kier molecular flexibility index (Phi) is 3.86. The van der Waals surface area contributed by atoms with Crippen LogP contribution in [0.4, 0.5) is 0 Å². The van der Waals surface area contributed by atoms with Crippen molar-refractivity contribution < 1.29 is 9.84 Å². The number of likely N-dealkylation sites (tertiary alicyclic amines) is 1. The molecule has 1 aromatic heterocycles. The van der Waals surface area contributed by atoms with E-state index in [0.717, 1.165) is 32.5 Å². The maximum atomic E-state index is 10.6. The Hall–Kier alpha value is -0.910. The number of ether oxygens (including phenoxy) is 1. The van der Waals surface area contributed by atoms with Gasteiger partial charge in [0.15, 0.2) is 0 Å². The van der Waals surface area contributed by atoms with Crippen molar-refractivity contribution in [2.24, 2.45) is 0 Å². The third kappa shape index (κ3) is 3.16. The largest absolute Gasteiger partial charge is 0.388 e. The van der Waals surface area contributed by atoms with E-state index in [1.165, 1.54) is 18.5 Å². The van der Waals surface area contributed by atoms with Crippen LogP contribution in [0, 0.1) is 0 Å². The summed E-state index contributed by atoms with van der Waals surface area (Å²) in [5.41, 5.74) is 0.678. The maximum absolute atomic E-state index is 10.6. The number of H-pyrrole nitrogens is 1. The summed E-state index contributed by atoms with van der Waals surface area (Å²) in [6, 6.07) is 2.07. The number of nitrogens with one attached hydrogen (secondary N) is 1. The number of piperidine rings is 1. The highest BCUT2D eigenvalue weighted by molar-refractivity contribution is 5.07. The van der Waals surface area contributed by atoms with Crippen LogP contribution in [0.2, 0.25) is 0 Å². The van der Waals surface area contributed by atoms with Crippen molar-refractivity contribution in [1.82, 2.24) is 15.1 Å². The van der Waals surface area contributed by atoms with Gasteiger partial charge in [0.1, 0.15) is 0 Å². The predicted octanol–water partition coefficient (Wildman–Crippen LogP) is 1.13. The molecule has 1 aromatic rings. The number of nitrogens with zero attached hydrogens (tertiary/aromatic N) is 2. The third-order valence-electron chi connectivity index (χ3n) is 4.41. The number of aromatic nitrogens is 2. The van der Waals surface area contributed by atoms with E-state index in [9.17, 15) is 5.11 Å². The van der Waals surface area contributed by atoms with Crippen molar-refractivity contribution in [3.05, 3.63) is 18.0 Å². The predicted molar refractivity (Wildman–Crippen MR) is 72.0 cm³/mol. The van der Waals surface area contributed by atoms with Crippen LogP contribution >= 0.6 is 0 Å². The fourth-order valence-corrected chi connectivity index (χ4v) is 3.27. The summed E-state index contributed by atoms with van der Waals surface area (Å²) in [6.07, 6.45) is 5.74. The zero-order valence-corrected chi connectivity index (χ0v) is 11.3. The lowest BCUT2D eigenvalue weighted by atomic mass is 9.90. The zero-order chi connectivity index (χ0) is 13.1. The highest BCUT2D eigenvalue weighted by Gasteiger charge is 2.33. The molecule has 3 rings (SSSR count). The lowest BCUT2D eigenvalue weighted by Crippen LogP contribution is -2.49. The molecule has 2 saturated heterocycles. The molecule has 2 aliphatic rings. The van der Waals surface area contributed by atoms with E-state index in [1.807, 2.05) is 6.20 Å². The van der Waals surface area contributed by atoms with Gasteiger partial charge in [-0.25, -0.2) is 0 Å². The molecule has 0 saturated carbocycles. The smallest absolute Gasteiger partial charge is 0.0817 e. The minimum Gasteiger partial charge on any atom is -0.388 e. The van der Waals surface area contributed by atoms with Crippen LogP contribution in [0.15, 0.2) is 12.3 Å². The maximum Gasteiger partial charge on any atom is 0.0817 e. The van der Waals surface area contributed by atoms with E-state index >= 15 is 0 Å². The standard InChI is InChI=1S/C14H23N3O2/c18-14(4-8-19-9-5-14)11-17-7-1-2-12(10-17)13-3-6-15-16-13/h3,6,12,18H,1-2,4-5,7-11H2,(H,15,16)/t12-/m0/s1. The summed E-state index contributed by atoms with van der Waals surface area (Å²) in [5.74, 6) is 0.527. The van der Waals surface area contributed by atoms with Crippen molar-refractivity contribution in [2.45, 2.75) is 37.2 Å². The summed E-state index contributed by atoms with van der Waals surface area (Å²) < 4.78 is 5.34. The molecule has 0 amide bonds. The molecule has 0 aliphatic carbocycles. The van der Waals surface area contributed by atoms with Gasteiger partial charge in [0.25, 0.3) is 0 Å². The van der Waals surface area contributed by atoms with Gasteiger partial charge in [-0.3, -0.25) is 10.00 Å². The summed E-state index contributed by atoms with van der Waals surface area (Å²) in [6.45, 7) is 4.27. The molecule has 0 radical (unpaired) electrons. The topological polar surface area (TPSA) is 61.4 Å². The van der Waals surface area contributed by atoms with Crippen LogP contribution in [0.25, 0.3) is 0 Å². The average Bonchev–Trinajstić information content (AvgIpc) is 2.93. The van der Waals surface area contributed by atoms with Crippen molar-refractivity contribution in [3.63, 3.8) is 0 Å². The second kappa shape index (κ2) is 5.61. The third-order valence-corrected chi connectivity index (χ3v) is 4.41. The van der Waals surface area contributed by atoms with Crippen molar-refractivity contribution >= 4 is 0 Å². The molecular weight excluding hydrogens is 242 g/mol. The Labute approximate surface area is 113 Å². The van der Waals surface area contributed by atoms with Gasteiger partial charge in [-0.15, -0.1) is 0 Å². The van der Waals surface area contributed by atoms with Gasteiger partial charge >= 0.3 is 0 Å². The first-order valence-electron chi connectivity index (χ1n) is 7.27. The highest BCUT2D eigenvalue weighted by atomic mass is 16.5. The van der Waals surface area contributed by atoms with E-state index in [2.05, 4.69) is 21.2 Å². The second-order valence-corrected chi connectivity index (χ2v) is 5.92. The van der Waals surface area contributed by atoms with Crippen LogP contribution in [0.3, 0.4) is 0 Å². The van der Waals surface area contributed by atoms with E-state index in [-0.39, 0.29) is 0 Å². The molecule has 0 aromatic carbocycles. The van der Waals surface area contributed by atoms with Crippen LogP contribution in [-0.4, -0.2) is 58.7 Å². The van der Waals surface area contributed by atoms with E-state index in [1.54, 1.807) is 0 Å². The molecular formula is C14H23N3O2. The highest BCUT2D eigenvalue weighted by Crippen LogP contribution is 2.28. The number of β-amino-alcohol motifs (C(OH)–C–C–N with tert-alkyl or cyclic N) is 1. The fraction of sp³-hybridized carbons (Fsp3) is 0.786. The molecule has 5 heteroatoms. The molecule has 19 heavy (non-hydrogen) atoms. The normalized spacial score (nSPS) is 28.4. The molecule has 2 fully saturated rings. The lowest BCUT2D eigenvalue weighted by Gasteiger charge is -2.40. The average molecular weight is 265 g/mol. The number of aromatic amines is 1. The number of rotatable bonds is 3. The molecule has 2 aliphatic heterocycles. The van der Waals surface area contributed by atoms with Crippen molar-refractivity contribution in [1.29, 1.82) is 0 Å². The molecule has 106 valence electrons. The summed E-state index contributed by atoms with van der Waals surface area (Å²) in [5, 5.41) is 17.7. The summed E-state index contributed by atoms with van der Waals surface area (Å²) in [7, 11) is 0. The Balaban J connectivity index is 1.59. The fourth-order valence-electron chi connectivity index (χ4n) is 3.27. The van der Waals surface area contributed by atoms with E-state index < -0.39 is 5.60 Å². The summed E-state index contributed by atoms with van der Waals surface area (Å²) in [4.78, 5) is 2.40. The first-order valence-corrected chi connectivity index (χ1v) is 7.27. The molecule has 0 spiro atoms. The first kappa shape index (κ1) is 13.1. The number of hydrogen-bond acceptors (Lipinski definition) is 4. The molecule has 0 bridgehead atoms. The monoisotopic (exact) mass is 265 g/mol. The SMILES string of the molecule is OC1(CN2CCC[C@H](c3ccn[nH]3)C2)CCOCC1. The van der Waals surface area contributed by atoms with E-state index in [0.29, 0.717) is 19.1 Å². The number of hydrogen-bond donors (Lipinski definition) is 2. The molecule has 2 N–H and O–H groups in total. The molecule has 5 nitrogen and oxygen atoms in total. The molecule has 3 heterocycles. The van der Waals surface area contributed by atoms with Crippen LogP contribution in [-0.2, 0) is 4.74 Å². The van der Waals surface area contributed by atoms with Gasteiger partial charge in [0, 0.05) is 57.0 Å². The van der Waals surface area contributed by atoms with Crippen LogP contribution in [0.5, 0.6) is 0 Å². The minimum absolute atomic E-state index is 0.527. The Bertz CT molecular complexity index is 387. The lowest BCUT2D eigenvalue weighted by molar-refractivity contribution is -0.0824. The van der Waals surface area contributed by atoms with Gasteiger partial charge in [0.2, 0.25) is 0 Å². The quantitative estimate of drug-likeness (QED) is 0.860. The van der Waals surface area contributed by atoms with Gasteiger partial charge in [-0.05, 0) is 25.5 Å². The molecule has 0 unspecified atom stereocenters. The van der Waals surface area contributed by atoms with E-state index in [4.69, 9.17) is 4.74 Å². The minimum atomic E-state index is -0.547. The van der Waals surface area contributed by atoms with Gasteiger partial charge < -0.3 is 9.84 Å². The first-order chi connectivity index (χ1) is 9.25. The van der Waals surface area contributed by atoms with Gasteiger partial charge in [-0.2, -0.15) is 5.10 Å². The number of aliphatic hydroxyl groups is 1. The van der Waals surface area contributed by atoms with Crippen molar-refractivity contribution in [3.8, 4) is 0 Å².